The Morgan fingerprint density at radius 3 is 2.70 bits per heavy atom. The van der Waals surface area contributed by atoms with Crippen molar-refractivity contribution in [2.75, 3.05) is 26.3 Å². The third kappa shape index (κ3) is 4.42. The Balaban J connectivity index is 1.26. The second-order valence-corrected chi connectivity index (χ2v) is 8.55. The molecule has 1 N–H and O–H groups in total. The van der Waals surface area contributed by atoms with E-state index in [0.717, 1.165) is 57.3 Å². The van der Waals surface area contributed by atoms with Crippen LogP contribution in [0.2, 0.25) is 0 Å². The van der Waals surface area contributed by atoms with Crippen molar-refractivity contribution in [2.24, 2.45) is 11.3 Å². The minimum absolute atomic E-state index is 0.276. The van der Waals surface area contributed by atoms with Gasteiger partial charge in [0.1, 0.15) is 0 Å². The van der Waals surface area contributed by atoms with Crippen molar-refractivity contribution in [1.29, 1.82) is 0 Å². The first kappa shape index (κ1) is 18.7. The molecule has 1 aliphatic heterocycles. The molecule has 4 rings (SSSR count). The van der Waals surface area contributed by atoms with Crippen LogP contribution >= 0.6 is 0 Å². The largest absolute Gasteiger partial charge is 0.379 e. The monoisotopic (exact) mass is 369 g/mol. The average Bonchev–Trinajstić information content (AvgIpc) is 3.13. The molecule has 2 aliphatic rings. The van der Waals surface area contributed by atoms with E-state index in [2.05, 4.69) is 65.6 Å². The van der Waals surface area contributed by atoms with Gasteiger partial charge in [0, 0.05) is 31.7 Å². The zero-order valence-corrected chi connectivity index (χ0v) is 16.5. The summed E-state index contributed by atoms with van der Waals surface area (Å²) in [4.78, 5) is 2.37. The molecule has 146 valence electrons. The van der Waals surface area contributed by atoms with Crippen LogP contribution in [0.1, 0.15) is 37.3 Å². The molecule has 1 saturated carbocycles. The molecule has 2 fully saturated rings. The van der Waals surface area contributed by atoms with Crippen molar-refractivity contribution in [2.45, 2.75) is 45.8 Å². The lowest BCUT2D eigenvalue weighted by atomic mass is 9.57. The first-order valence-corrected chi connectivity index (χ1v) is 10.1. The first-order valence-electron chi connectivity index (χ1n) is 10.1. The van der Waals surface area contributed by atoms with Crippen LogP contribution in [0.25, 0.3) is 0 Å². The molecular weight excluding hydrogens is 338 g/mol. The minimum Gasteiger partial charge on any atom is -0.379 e. The lowest BCUT2D eigenvalue weighted by molar-refractivity contribution is 0.0124. The molecule has 2 heterocycles. The maximum atomic E-state index is 5.59. The van der Waals surface area contributed by atoms with Gasteiger partial charge in [0.2, 0.25) is 0 Å². The van der Waals surface area contributed by atoms with E-state index in [9.17, 15) is 0 Å². The van der Waals surface area contributed by atoms with E-state index in [-0.39, 0.29) is 5.41 Å². The first-order chi connectivity index (χ1) is 13.1. The van der Waals surface area contributed by atoms with Crippen molar-refractivity contribution < 1.29 is 9.26 Å². The third-order valence-electron chi connectivity index (χ3n) is 6.41. The van der Waals surface area contributed by atoms with Crippen molar-refractivity contribution in [3.63, 3.8) is 0 Å². The van der Waals surface area contributed by atoms with Gasteiger partial charge < -0.3 is 14.6 Å². The molecule has 1 saturated heterocycles. The molecule has 0 spiro atoms. The lowest BCUT2D eigenvalue weighted by Crippen LogP contribution is -2.57. The van der Waals surface area contributed by atoms with Crippen LogP contribution in [0, 0.1) is 11.3 Å². The Bertz CT molecular complexity index is 722. The Morgan fingerprint density at radius 1 is 1.19 bits per heavy atom. The molecule has 2 aromatic rings. The standard InChI is InChI=1S/C22H31N3O2/c1-22(2)18(13-21(22)23-15-17-6-4-3-5-7-17)12-19-14-20(27-24-19)16-25-8-10-26-11-9-25/h3-7,14,18,21,23H,8-13,15-16H2,1-2H3/t18-,21+/m1/s1. The topological polar surface area (TPSA) is 50.5 Å². The van der Waals surface area contributed by atoms with Crippen LogP contribution < -0.4 is 5.32 Å². The van der Waals surface area contributed by atoms with Crippen LogP contribution in [0.4, 0.5) is 0 Å². The average molecular weight is 370 g/mol. The van der Waals surface area contributed by atoms with Gasteiger partial charge >= 0.3 is 0 Å². The van der Waals surface area contributed by atoms with E-state index in [4.69, 9.17) is 9.26 Å². The highest BCUT2D eigenvalue weighted by atomic mass is 16.5. The van der Waals surface area contributed by atoms with E-state index in [0.29, 0.717) is 12.0 Å². The van der Waals surface area contributed by atoms with Gasteiger partial charge in [-0.1, -0.05) is 49.3 Å². The van der Waals surface area contributed by atoms with Gasteiger partial charge in [-0.2, -0.15) is 0 Å². The molecular formula is C22H31N3O2. The van der Waals surface area contributed by atoms with E-state index < -0.39 is 0 Å². The summed E-state index contributed by atoms with van der Waals surface area (Å²) in [5, 5.41) is 8.07. The molecule has 0 radical (unpaired) electrons. The quantitative estimate of drug-likeness (QED) is 0.812. The zero-order valence-electron chi connectivity index (χ0n) is 16.5. The Morgan fingerprint density at radius 2 is 1.96 bits per heavy atom. The molecule has 1 aliphatic carbocycles. The summed E-state index contributed by atoms with van der Waals surface area (Å²) in [6.07, 6.45) is 2.20. The highest BCUT2D eigenvalue weighted by Crippen LogP contribution is 2.47. The summed E-state index contributed by atoms with van der Waals surface area (Å²) in [6, 6.07) is 13.3. The molecule has 2 atom stereocenters. The predicted molar refractivity (Wildman–Crippen MR) is 105 cm³/mol. The van der Waals surface area contributed by atoms with Gasteiger partial charge in [0.25, 0.3) is 0 Å². The van der Waals surface area contributed by atoms with E-state index in [1.54, 1.807) is 0 Å². The molecule has 0 bridgehead atoms. The second-order valence-electron chi connectivity index (χ2n) is 8.55. The summed E-state index contributed by atoms with van der Waals surface area (Å²) >= 11 is 0. The van der Waals surface area contributed by atoms with Crippen LogP contribution in [0.3, 0.4) is 0 Å². The maximum Gasteiger partial charge on any atom is 0.150 e. The second kappa shape index (κ2) is 8.13. The molecule has 1 aromatic heterocycles. The Labute approximate surface area is 162 Å². The smallest absolute Gasteiger partial charge is 0.150 e. The van der Waals surface area contributed by atoms with Crippen LogP contribution in [0.15, 0.2) is 40.9 Å². The van der Waals surface area contributed by atoms with Crippen molar-refractivity contribution in [3.05, 3.63) is 53.4 Å². The number of aromatic nitrogens is 1. The fourth-order valence-corrected chi connectivity index (χ4v) is 4.30. The Kier molecular flexibility index (Phi) is 5.62. The number of ether oxygens (including phenoxy) is 1. The minimum atomic E-state index is 0.276. The summed E-state index contributed by atoms with van der Waals surface area (Å²) < 4.78 is 11.0. The molecule has 0 amide bonds. The highest BCUT2D eigenvalue weighted by molar-refractivity contribution is 5.16. The number of hydrogen-bond donors (Lipinski definition) is 1. The maximum absolute atomic E-state index is 5.59. The van der Waals surface area contributed by atoms with Crippen LogP contribution in [-0.4, -0.2) is 42.4 Å². The lowest BCUT2D eigenvalue weighted by Gasteiger charge is -2.52. The number of nitrogens with one attached hydrogen (secondary N) is 1. The molecule has 27 heavy (non-hydrogen) atoms. The number of morpholine rings is 1. The fourth-order valence-electron chi connectivity index (χ4n) is 4.30. The molecule has 1 aromatic carbocycles. The molecule has 0 unspecified atom stereocenters. The number of rotatable bonds is 7. The van der Waals surface area contributed by atoms with Gasteiger partial charge in [-0.05, 0) is 29.7 Å². The summed E-state index contributed by atoms with van der Waals surface area (Å²) in [5.41, 5.74) is 2.72. The predicted octanol–water partition coefficient (Wildman–Crippen LogP) is 3.25. The number of benzene rings is 1. The number of hydrogen-bond acceptors (Lipinski definition) is 5. The van der Waals surface area contributed by atoms with Crippen molar-refractivity contribution >= 4 is 0 Å². The van der Waals surface area contributed by atoms with Crippen molar-refractivity contribution in [1.82, 2.24) is 15.4 Å². The van der Waals surface area contributed by atoms with E-state index in [1.807, 2.05) is 0 Å². The Hall–Kier alpha value is -1.69. The fraction of sp³-hybridized carbons (Fsp3) is 0.591. The van der Waals surface area contributed by atoms with Gasteiger partial charge in [-0.15, -0.1) is 0 Å². The SMILES string of the molecule is CC1(C)[C@H](Cc2cc(CN3CCOCC3)on2)C[C@@H]1NCc1ccccc1. The van der Waals surface area contributed by atoms with Crippen LogP contribution in [0.5, 0.6) is 0 Å². The zero-order chi connectivity index (χ0) is 18.7. The third-order valence-corrected chi connectivity index (χ3v) is 6.41. The summed E-state index contributed by atoms with van der Waals surface area (Å²) in [6.45, 7) is 10.1. The van der Waals surface area contributed by atoms with Crippen LogP contribution in [-0.2, 0) is 24.2 Å². The van der Waals surface area contributed by atoms with E-state index in [1.165, 1.54) is 12.0 Å². The van der Waals surface area contributed by atoms with Crippen molar-refractivity contribution in [3.8, 4) is 0 Å². The van der Waals surface area contributed by atoms with Gasteiger partial charge in [-0.3, -0.25) is 4.90 Å². The van der Waals surface area contributed by atoms with E-state index >= 15 is 0 Å². The van der Waals surface area contributed by atoms with Gasteiger partial charge in [0.15, 0.2) is 5.76 Å². The summed E-state index contributed by atoms with van der Waals surface area (Å²) in [7, 11) is 0. The highest BCUT2D eigenvalue weighted by Gasteiger charge is 2.47. The van der Waals surface area contributed by atoms with Gasteiger partial charge in [0.05, 0.1) is 25.5 Å². The molecule has 5 heteroatoms. The summed E-state index contributed by atoms with van der Waals surface area (Å²) in [5.74, 6) is 1.62. The molecule has 5 nitrogen and oxygen atoms in total. The number of nitrogens with zero attached hydrogens (tertiary/aromatic N) is 2. The normalized spacial score (nSPS) is 25.3. The van der Waals surface area contributed by atoms with Gasteiger partial charge in [-0.25, -0.2) is 0 Å².